The Balaban J connectivity index is 1.60. The number of nitrogens with one attached hydrogen (secondary N) is 1. The minimum Gasteiger partial charge on any atom is -0.352 e. The molecule has 0 aliphatic heterocycles. The number of carbonyl (C=O) groups is 2. The lowest BCUT2D eigenvalue weighted by Gasteiger charge is -2.35. The molecule has 2 amide bonds. The number of amides is 2. The smallest absolute Gasteiger partial charge is 0.264 e. The molecule has 10 heteroatoms. The van der Waals surface area contributed by atoms with Crippen molar-refractivity contribution in [3.05, 3.63) is 129 Å². The van der Waals surface area contributed by atoms with Crippen LogP contribution < -0.4 is 9.62 Å². The van der Waals surface area contributed by atoms with Crippen molar-refractivity contribution in [1.82, 2.24) is 10.2 Å². The molecule has 7 nitrogen and oxygen atoms in total. The molecule has 1 aliphatic rings. The lowest BCUT2D eigenvalue weighted by atomic mass is 9.94. The molecule has 1 N–H and O–H groups in total. The first-order chi connectivity index (χ1) is 23.0. The number of rotatable bonds is 12. The maximum absolute atomic E-state index is 14.8. The first kappa shape index (κ1) is 35.5. The normalized spacial score (nSPS) is 14.2. The Morgan fingerprint density at radius 1 is 0.812 bits per heavy atom. The van der Waals surface area contributed by atoms with E-state index in [-0.39, 0.29) is 29.8 Å². The zero-order valence-electron chi connectivity index (χ0n) is 27.2. The van der Waals surface area contributed by atoms with Gasteiger partial charge in [-0.05, 0) is 79.8 Å². The highest BCUT2D eigenvalue weighted by Gasteiger charge is 2.36. The molecular formula is C38H41Cl2N3O4S. The molecule has 1 unspecified atom stereocenters. The topological polar surface area (TPSA) is 86.8 Å². The molecule has 0 bridgehead atoms. The van der Waals surface area contributed by atoms with Gasteiger partial charge >= 0.3 is 0 Å². The standard InChI is InChI=1S/C38H41Cl2N3O4S/c1-27-21-22-31(23-28(27)2)43(48(46,47)32-17-10-5-11-18-32)26-37(44)42(25-33-34(39)19-12-20-35(33)40)36(24-29-13-6-3-7-14-29)38(45)41-30-15-8-4-9-16-30/h3,5-7,10-14,17-23,30,36H,4,8-9,15-16,24-26H2,1-2H3,(H,41,45). The van der Waals surface area contributed by atoms with Gasteiger partial charge in [0.15, 0.2) is 0 Å². The Morgan fingerprint density at radius 3 is 2.06 bits per heavy atom. The first-order valence-corrected chi connectivity index (χ1v) is 18.5. The Labute approximate surface area is 293 Å². The summed E-state index contributed by atoms with van der Waals surface area (Å²) in [4.78, 5) is 30.5. The van der Waals surface area contributed by atoms with Crippen LogP contribution in [0.1, 0.15) is 54.4 Å². The van der Waals surface area contributed by atoms with Gasteiger partial charge in [-0.3, -0.25) is 13.9 Å². The second kappa shape index (κ2) is 16.0. The van der Waals surface area contributed by atoms with Crippen molar-refractivity contribution in [3.63, 3.8) is 0 Å². The van der Waals surface area contributed by atoms with Crippen LogP contribution in [0.25, 0.3) is 0 Å². The Kier molecular flexibility index (Phi) is 11.8. The second-order valence-corrected chi connectivity index (χ2v) is 15.0. The van der Waals surface area contributed by atoms with E-state index in [0.717, 1.165) is 53.1 Å². The van der Waals surface area contributed by atoms with Crippen LogP contribution >= 0.6 is 23.2 Å². The molecule has 1 saturated carbocycles. The summed E-state index contributed by atoms with van der Waals surface area (Å²) in [6, 6.07) is 26.9. The Hall–Kier alpha value is -3.85. The van der Waals surface area contributed by atoms with Crippen molar-refractivity contribution >= 4 is 50.7 Å². The van der Waals surface area contributed by atoms with Gasteiger partial charge in [0.2, 0.25) is 11.8 Å². The number of benzene rings is 4. The molecule has 252 valence electrons. The summed E-state index contributed by atoms with van der Waals surface area (Å²) >= 11 is 13.3. The third kappa shape index (κ3) is 8.59. The highest BCUT2D eigenvalue weighted by molar-refractivity contribution is 7.92. The van der Waals surface area contributed by atoms with E-state index in [9.17, 15) is 18.0 Å². The van der Waals surface area contributed by atoms with Crippen molar-refractivity contribution in [2.75, 3.05) is 10.8 Å². The second-order valence-electron chi connectivity index (χ2n) is 12.4. The summed E-state index contributed by atoms with van der Waals surface area (Å²) in [5.74, 6) is -0.866. The highest BCUT2D eigenvalue weighted by Crippen LogP contribution is 2.30. The van der Waals surface area contributed by atoms with Gasteiger partial charge in [-0.2, -0.15) is 0 Å². The largest absolute Gasteiger partial charge is 0.352 e. The summed E-state index contributed by atoms with van der Waals surface area (Å²) in [5, 5.41) is 3.90. The number of carbonyl (C=O) groups excluding carboxylic acids is 2. The number of sulfonamides is 1. The molecule has 0 spiro atoms. The lowest BCUT2D eigenvalue weighted by Crippen LogP contribution is -2.55. The summed E-state index contributed by atoms with van der Waals surface area (Å²) in [7, 11) is -4.20. The number of aryl methyl sites for hydroxylation is 2. The number of halogens is 2. The van der Waals surface area contributed by atoms with E-state index < -0.39 is 28.5 Å². The van der Waals surface area contributed by atoms with Crippen LogP contribution in [-0.4, -0.2) is 43.8 Å². The molecule has 0 aromatic heterocycles. The van der Waals surface area contributed by atoms with Crippen molar-refractivity contribution in [3.8, 4) is 0 Å². The molecule has 1 fully saturated rings. The Bertz CT molecular complexity index is 1810. The van der Waals surface area contributed by atoms with Gasteiger partial charge in [-0.15, -0.1) is 0 Å². The van der Waals surface area contributed by atoms with E-state index in [4.69, 9.17) is 23.2 Å². The van der Waals surface area contributed by atoms with Crippen LogP contribution in [0.3, 0.4) is 0 Å². The van der Waals surface area contributed by atoms with E-state index in [0.29, 0.717) is 21.3 Å². The average molecular weight is 707 g/mol. The van der Waals surface area contributed by atoms with E-state index in [1.54, 1.807) is 48.5 Å². The third-order valence-electron chi connectivity index (χ3n) is 9.00. The molecule has 1 aliphatic carbocycles. The van der Waals surface area contributed by atoms with Gasteiger partial charge in [-0.25, -0.2) is 8.42 Å². The third-order valence-corrected chi connectivity index (χ3v) is 11.5. The minimum atomic E-state index is -4.20. The molecule has 0 radical (unpaired) electrons. The number of hydrogen-bond acceptors (Lipinski definition) is 4. The van der Waals surface area contributed by atoms with Gasteiger partial charge in [0.05, 0.1) is 10.6 Å². The van der Waals surface area contributed by atoms with Crippen LogP contribution in [-0.2, 0) is 32.6 Å². The fourth-order valence-corrected chi connectivity index (χ4v) is 8.03. The molecule has 4 aromatic rings. The highest BCUT2D eigenvalue weighted by atomic mass is 35.5. The van der Waals surface area contributed by atoms with Gasteiger partial charge in [0.1, 0.15) is 12.6 Å². The van der Waals surface area contributed by atoms with Gasteiger partial charge in [0.25, 0.3) is 10.0 Å². The fourth-order valence-electron chi connectivity index (χ4n) is 6.08. The molecule has 48 heavy (non-hydrogen) atoms. The van der Waals surface area contributed by atoms with Gasteiger partial charge < -0.3 is 10.2 Å². The quantitative estimate of drug-likeness (QED) is 0.162. The fraction of sp³-hybridized carbons (Fsp3) is 0.316. The predicted molar refractivity (Wildman–Crippen MR) is 193 cm³/mol. The monoisotopic (exact) mass is 705 g/mol. The minimum absolute atomic E-state index is 0.00383. The molecule has 5 rings (SSSR count). The van der Waals surface area contributed by atoms with Crippen molar-refractivity contribution < 1.29 is 18.0 Å². The zero-order chi connectivity index (χ0) is 34.3. The molecule has 0 saturated heterocycles. The van der Waals surface area contributed by atoms with E-state index in [1.807, 2.05) is 50.2 Å². The summed E-state index contributed by atoms with van der Waals surface area (Å²) in [6.07, 6.45) is 5.11. The molecule has 4 aromatic carbocycles. The summed E-state index contributed by atoms with van der Waals surface area (Å²) in [5.41, 5.74) is 3.53. The van der Waals surface area contributed by atoms with E-state index in [2.05, 4.69) is 5.32 Å². The zero-order valence-corrected chi connectivity index (χ0v) is 29.6. The van der Waals surface area contributed by atoms with Crippen LogP contribution in [0.4, 0.5) is 5.69 Å². The maximum Gasteiger partial charge on any atom is 0.264 e. The van der Waals surface area contributed by atoms with Crippen molar-refractivity contribution in [2.45, 2.75) is 75.9 Å². The summed E-state index contributed by atoms with van der Waals surface area (Å²) in [6.45, 7) is 3.18. The maximum atomic E-state index is 14.8. The van der Waals surface area contributed by atoms with E-state index in [1.165, 1.54) is 17.0 Å². The van der Waals surface area contributed by atoms with Crippen molar-refractivity contribution in [2.24, 2.45) is 0 Å². The molecular weight excluding hydrogens is 665 g/mol. The van der Waals surface area contributed by atoms with Crippen LogP contribution in [0, 0.1) is 13.8 Å². The lowest BCUT2D eigenvalue weighted by molar-refractivity contribution is -0.140. The van der Waals surface area contributed by atoms with Crippen molar-refractivity contribution in [1.29, 1.82) is 0 Å². The van der Waals surface area contributed by atoms with Gasteiger partial charge in [0, 0.05) is 34.6 Å². The molecule has 1 atom stereocenters. The Morgan fingerprint density at radius 2 is 1.44 bits per heavy atom. The van der Waals surface area contributed by atoms with E-state index >= 15 is 0 Å². The number of hydrogen-bond donors (Lipinski definition) is 1. The average Bonchev–Trinajstić information content (AvgIpc) is 3.08. The van der Waals surface area contributed by atoms with Crippen LogP contribution in [0.15, 0.2) is 102 Å². The SMILES string of the molecule is Cc1ccc(N(CC(=O)N(Cc2c(Cl)cccc2Cl)C(Cc2ccccc2)C(=O)NC2CCCCC2)S(=O)(=O)c2ccccc2)cc1C. The van der Waals surface area contributed by atoms with Gasteiger partial charge in [-0.1, -0.05) is 103 Å². The number of anilines is 1. The summed E-state index contributed by atoms with van der Waals surface area (Å²) < 4.78 is 29.6. The van der Waals surface area contributed by atoms with Crippen LogP contribution in [0.2, 0.25) is 10.0 Å². The number of nitrogens with zero attached hydrogens (tertiary/aromatic N) is 2. The van der Waals surface area contributed by atoms with Crippen LogP contribution in [0.5, 0.6) is 0 Å². The molecule has 0 heterocycles. The predicted octanol–water partition coefficient (Wildman–Crippen LogP) is 7.89. The first-order valence-electron chi connectivity index (χ1n) is 16.3.